The lowest BCUT2D eigenvalue weighted by molar-refractivity contribution is 0.302. The minimum Gasteiger partial charge on any atom is -0.311 e. The fourth-order valence-electron chi connectivity index (χ4n) is 1.91. The van der Waals surface area contributed by atoms with Gasteiger partial charge < -0.3 is 10.2 Å². The van der Waals surface area contributed by atoms with E-state index in [4.69, 9.17) is 0 Å². The van der Waals surface area contributed by atoms with Crippen molar-refractivity contribution < 1.29 is 4.39 Å². The Kier molecular flexibility index (Phi) is 5.29. The van der Waals surface area contributed by atoms with Crippen molar-refractivity contribution in [3.05, 3.63) is 47.1 Å². The van der Waals surface area contributed by atoms with Gasteiger partial charge in [0.15, 0.2) is 0 Å². The number of thiophene rings is 1. The average molecular weight is 292 g/mol. The van der Waals surface area contributed by atoms with E-state index in [2.05, 4.69) is 31.2 Å². The SMILES string of the molecule is CC(CNCc1ccc(F)c(-c2cccs2)c1)N(C)C. The number of benzene rings is 1. The summed E-state index contributed by atoms with van der Waals surface area (Å²) < 4.78 is 13.9. The highest BCUT2D eigenvalue weighted by Crippen LogP contribution is 2.28. The van der Waals surface area contributed by atoms with Crippen molar-refractivity contribution in [1.29, 1.82) is 0 Å². The first-order chi connectivity index (χ1) is 9.58. The van der Waals surface area contributed by atoms with Gasteiger partial charge in [-0.1, -0.05) is 12.1 Å². The van der Waals surface area contributed by atoms with Crippen LogP contribution in [-0.2, 0) is 6.54 Å². The third-order valence-electron chi connectivity index (χ3n) is 3.47. The Balaban J connectivity index is 2.01. The Bertz CT molecular complexity index is 537. The normalized spacial score (nSPS) is 12.8. The number of nitrogens with one attached hydrogen (secondary N) is 1. The van der Waals surface area contributed by atoms with Gasteiger partial charge in [-0.15, -0.1) is 11.3 Å². The van der Waals surface area contributed by atoms with Crippen LogP contribution < -0.4 is 5.32 Å². The highest BCUT2D eigenvalue weighted by Gasteiger charge is 2.08. The summed E-state index contributed by atoms with van der Waals surface area (Å²) >= 11 is 1.56. The maximum absolute atomic E-state index is 13.9. The second-order valence-corrected chi connectivity index (χ2v) is 6.18. The smallest absolute Gasteiger partial charge is 0.131 e. The minimum atomic E-state index is -0.155. The zero-order valence-corrected chi connectivity index (χ0v) is 13.0. The standard InChI is InChI=1S/C16H21FN2S/c1-12(19(2)3)10-18-11-13-6-7-15(17)14(9-13)16-5-4-8-20-16/h4-9,12,18H,10-11H2,1-3H3. The first-order valence-corrected chi connectivity index (χ1v) is 7.65. The summed E-state index contributed by atoms with van der Waals surface area (Å²) in [6.07, 6.45) is 0. The van der Waals surface area contributed by atoms with Gasteiger partial charge in [0.2, 0.25) is 0 Å². The summed E-state index contributed by atoms with van der Waals surface area (Å²) in [5, 5.41) is 5.38. The quantitative estimate of drug-likeness (QED) is 0.875. The summed E-state index contributed by atoms with van der Waals surface area (Å²) in [5.74, 6) is -0.155. The van der Waals surface area contributed by atoms with Gasteiger partial charge in [0, 0.05) is 29.6 Å². The predicted octanol–water partition coefficient (Wildman–Crippen LogP) is 3.59. The van der Waals surface area contributed by atoms with Crippen LogP contribution in [0.5, 0.6) is 0 Å². The van der Waals surface area contributed by atoms with Crippen molar-refractivity contribution in [2.75, 3.05) is 20.6 Å². The van der Waals surface area contributed by atoms with E-state index in [0.29, 0.717) is 11.6 Å². The van der Waals surface area contributed by atoms with Gasteiger partial charge in [-0.05, 0) is 50.2 Å². The Labute approximate surface area is 124 Å². The van der Waals surface area contributed by atoms with E-state index in [1.807, 2.05) is 29.6 Å². The van der Waals surface area contributed by atoms with Crippen LogP contribution in [-0.4, -0.2) is 31.6 Å². The molecule has 2 nitrogen and oxygen atoms in total. The lowest BCUT2D eigenvalue weighted by atomic mass is 10.1. The largest absolute Gasteiger partial charge is 0.311 e. The van der Waals surface area contributed by atoms with Crippen LogP contribution in [0.3, 0.4) is 0 Å². The molecule has 4 heteroatoms. The van der Waals surface area contributed by atoms with E-state index in [0.717, 1.165) is 23.5 Å². The molecule has 0 fully saturated rings. The molecule has 0 amide bonds. The monoisotopic (exact) mass is 292 g/mol. The van der Waals surface area contributed by atoms with E-state index in [1.165, 1.54) is 0 Å². The van der Waals surface area contributed by atoms with E-state index in [-0.39, 0.29) is 5.82 Å². The summed E-state index contributed by atoms with van der Waals surface area (Å²) in [6, 6.07) is 9.72. The second-order valence-electron chi connectivity index (χ2n) is 5.24. The maximum atomic E-state index is 13.9. The average Bonchev–Trinajstić information content (AvgIpc) is 2.94. The molecular formula is C16H21FN2S. The van der Waals surface area contributed by atoms with Crippen LogP contribution in [0.25, 0.3) is 10.4 Å². The van der Waals surface area contributed by atoms with E-state index < -0.39 is 0 Å². The zero-order chi connectivity index (χ0) is 14.5. The fourth-order valence-corrected chi connectivity index (χ4v) is 2.66. The van der Waals surface area contributed by atoms with Crippen LogP contribution in [0.4, 0.5) is 4.39 Å². The van der Waals surface area contributed by atoms with Gasteiger partial charge in [0.05, 0.1) is 0 Å². The zero-order valence-electron chi connectivity index (χ0n) is 12.2. The number of nitrogens with zero attached hydrogens (tertiary/aromatic N) is 1. The molecule has 0 saturated carbocycles. The maximum Gasteiger partial charge on any atom is 0.131 e. The summed E-state index contributed by atoms with van der Waals surface area (Å²) in [7, 11) is 4.14. The molecule has 2 aromatic rings. The van der Waals surface area contributed by atoms with Crippen LogP contribution in [0.15, 0.2) is 35.7 Å². The van der Waals surface area contributed by atoms with E-state index in [1.54, 1.807) is 17.4 Å². The molecule has 0 spiro atoms. The molecule has 1 unspecified atom stereocenters. The highest BCUT2D eigenvalue weighted by molar-refractivity contribution is 7.13. The Morgan fingerprint density at radius 1 is 1.30 bits per heavy atom. The molecule has 1 N–H and O–H groups in total. The van der Waals surface area contributed by atoms with Gasteiger partial charge in [-0.25, -0.2) is 4.39 Å². The van der Waals surface area contributed by atoms with Gasteiger partial charge in [-0.2, -0.15) is 0 Å². The second kappa shape index (κ2) is 6.97. The molecule has 1 aromatic heterocycles. The van der Waals surface area contributed by atoms with Crippen LogP contribution in [0.1, 0.15) is 12.5 Å². The third-order valence-corrected chi connectivity index (χ3v) is 4.37. The number of rotatable bonds is 6. The number of hydrogen-bond donors (Lipinski definition) is 1. The van der Waals surface area contributed by atoms with Gasteiger partial charge in [-0.3, -0.25) is 0 Å². The fraction of sp³-hybridized carbons (Fsp3) is 0.375. The van der Waals surface area contributed by atoms with Crippen LogP contribution >= 0.6 is 11.3 Å². The summed E-state index contributed by atoms with van der Waals surface area (Å²) in [6.45, 7) is 3.85. The van der Waals surface area contributed by atoms with Gasteiger partial charge in [0.1, 0.15) is 5.82 Å². The van der Waals surface area contributed by atoms with Gasteiger partial charge in [0.25, 0.3) is 0 Å². The molecule has 0 saturated heterocycles. The first-order valence-electron chi connectivity index (χ1n) is 6.77. The van der Waals surface area contributed by atoms with Crippen molar-refractivity contribution in [1.82, 2.24) is 10.2 Å². The molecule has 2 rings (SSSR count). The number of likely N-dealkylation sites (N-methyl/N-ethyl adjacent to an activating group) is 1. The topological polar surface area (TPSA) is 15.3 Å². The number of hydrogen-bond acceptors (Lipinski definition) is 3. The first kappa shape index (κ1) is 15.2. The lowest BCUT2D eigenvalue weighted by Crippen LogP contribution is -2.35. The summed E-state index contributed by atoms with van der Waals surface area (Å²) in [4.78, 5) is 3.15. The van der Waals surface area contributed by atoms with Crippen molar-refractivity contribution >= 4 is 11.3 Å². The number of halogens is 1. The molecule has 0 radical (unpaired) electrons. The van der Waals surface area contributed by atoms with Crippen molar-refractivity contribution in [2.45, 2.75) is 19.5 Å². The van der Waals surface area contributed by atoms with Crippen LogP contribution in [0, 0.1) is 5.82 Å². The molecule has 0 bridgehead atoms. The lowest BCUT2D eigenvalue weighted by Gasteiger charge is -2.20. The predicted molar refractivity (Wildman–Crippen MR) is 84.6 cm³/mol. The molecule has 20 heavy (non-hydrogen) atoms. The Morgan fingerprint density at radius 3 is 2.75 bits per heavy atom. The van der Waals surface area contributed by atoms with E-state index >= 15 is 0 Å². The third kappa shape index (κ3) is 3.88. The highest BCUT2D eigenvalue weighted by atomic mass is 32.1. The molecule has 1 aromatic carbocycles. The summed E-state index contributed by atoms with van der Waals surface area (Å²) in [5.41, 5.74) is 1.81. The van der Waals surface area contributed by atoms with Gasteiger partial charge >= 0.3 is 0 Å². The van der Waals surface area contributed by atoms with E-state index in [9.17, 15) is 4.39 Å². The Morgan fingerprint density at radius 2 is 2.10 bits per heavy atom. The van der Waals surface area contributed by atoms with Crippen molar-refractivity contribution in [2.24, 2.45) is 0 Å². The van der Waals surface area contributed by atoms with Crippen LogP contribution in [0.2, 0.25) is 0 Å². The van der Waals surface area contributed by atoms with Crippen molar-refractivity contribution in [3.8, 4) is 10.4 Å². The molecule has 1 heterocycles. The molecule has 108 valence electrons. The molecular weight excluding hydrogens is 271 g/mol. The molecule has 0 aliphatic carbocycles. The molecule has 0 aliphatic rings. The minimum absolute atomic E-state index is 0.155. The van der Waals surface area contributed by atoms with Crippen molar-refractivity contribution in [3.63, 3.8) is 0 Å². The molecule has 1 atom stereocenters. The Hall–Kier alpha value is -1.23. The molecule has 0 aliphatic heterocycles.